The molecule has 5 nitrogen and oxygen atoms in total. The van der Waals surface area contributed by atoms with Crippen LogP contribution in [0.2, 0.25) is 0 Å². The average molecular weight is 327 g/mol. The van der Waals surface area contributed by atoms with Gasteiger partial charge in [0.1, 0.15) is 5.75 Å². The molecule has 24 heavy (non-hydrogen) atoms. The Morgan fingerprint density at radius 2 is 1.92 bits per heavy atom. The van der Waals surface area contributed by atoms with Crippen LogP contribution in [0.4, 0.5) is 8.78 Å². The zero-order chi connectivity index (χ0) is 17.1. The lowest BCUT2D eigenvalue weighted by Crippen LogP contribution is -2.04. The summed E-state index contributed by atoms with van der Waals surface area (Å²) in [5.41, 5.74) is 2.60. The molecule has 0 N–H and O–H groups in total. The Labute approximate surface area is 136 Å². The van der Waals surface area contributed by atoms with Gasteiger partial charge in [0.15, 0.2) is 0 Å². The Balaban J connectivity index is 2.17. The molecule has 3 rings (SSSR count). The third-order valence-corrected chi connectivity index (χ3v) is 3.36. The lowest BCUT2D eigenvalue weighted by Gasteiger charge is -2.09. The molecular formula is C17H11F2N3O2. The van der Waals surface area contributed by atoms with Gasteiger partial charge in [-0.1, -0.05) is 12.1 Å². The highest BCUT2D eigenvalue weighted by molar-refractivity contribution is 5.93. The molecule has 0 saturated heterocycles. The zero-order valence-corrected chi connectivity index (χ0v) is 12.5. The van der Waals surface area contributed by atoms with Gasteiger partial charge in [-0.15, -0.1) is 0 Å². The third kappa shape index (κ3) is 3.08. The summed E-state index contributed by atoms with van der Waals surface area (Å²) in [6.45, 7) is -2.99. The minimum Gasteiger partial charge on any atom is -0.497 e. The summed E-state index contributed by atoms with van der Waals surface area (Å²) in [4.78, 5) is 8.17. The van der Waals surface area contributed by atoms with Crippen molar-refractivity contribution in [2.75, 3.05) is 7.11 Å². The topological polar surface area (TPSA) is 68.0 Å². The monoisotopic (exact) mass is 327 g/mol. The summed E-state index contributed by atoms with van der Waals surface area (Å²) >= 11 is 0. The van der Waals surface area contributed by atoms with Crippen LogP contribution in [0, 0.1) is 11.3 Å². The molecule has 2 aromatic carbocycles. The first kappa shape index (κ1) is 15.6. The van der Waals surface area contributed by atoms with Crippen LogP contribution in [0.5, 0.6) is 11.6 Å². The van der Waals surface area contributed by atoms with Gasteiger partial charge >= 0.3 is 6.61 Å². The van der Waals surface area contributed by atoms with Gasteiger partial charge < -0.3 is 9.47 Å². The van der Waals surface area contributed by atoms with E-state index in [9.17, 15) is 14.0 Å². The van der Waals surface area contributed by atoms with E-state index in [2.05, 4.69) is 14.7 Å². The number of halogens is 2. The Morgan fingerprint density at radius 3 is 2.54 bits per heavy atom. The third-order valence-electron chi connectivity index (χ3n) is 3.36. The van der Waals surface area contributed by atoms with E-state index in [1.165, 1.54) is 6.07 Å². The van der Waals surface area contributed by atoms with Crippen LogP contribution >= 0.6 is 0 Å². The molecule has 1 heterocycles. The van der Waals surface area contributed by atoms with Crippen molar-refractivity contribution in [3.8, 4) is 28.8 Å². The van der Waals surface area contributed by atoms with Crippen molar-refractivity contribution < 1.29 is 18.3 Å². The summed E-state index contributed by atoms with van der Waals surface area (Å²) in [7, 11) is 1.57. The Kier molecular flexibility index (Phi) is 4.20. The first-order valence-corrected chi connectivity index (χ1v) is 6.91. The van der Waals surface area contributed by atoms with Gasteiger partial charge in [-0.25, -0.2) is 9.97 Å². The molecule has 0 aliphatic rings. The fourth-order valence-corrected chi connectivity index (χ4v) is 2.31. The van der Waals surface area contributed by atoms with E-state index in [1.54, 1.807) is 25.3 Å². The Bertz CT molecular complexity index is 922. The normalized spacial score (nSPS) is 10.6. The number of rotatable bonds is 4. The van der Waals surface area contributed by atoms with Crippen molar-refractivity contribution in [1.82, 2.24) is 9.97 Å². The SMILES string of the molecule is COc1ccc(-c2cc(C#N)cc3nc(OC(F)F)cnc23)cc1. The van der Waals surface area contributed by atoms with Crippen LogP contribution in [0.15, 0.2) is 42.6 Å². The molecule has 0 amide bonds. The second-order valence-electron chi connectivity index (χ2n) is 4.82. The quantitative estimate of drug-likeness (QED) is 0.729. The fourth-order valence-electron chi connectivity index (χ4n) is 2.31. The largest absolute Gasteiger partial charge is 0.497 e. The second kappa shape index (κ2) is 6.46. The van der Waals surface area contributed by atoms with E-state index in [1.807, 2.05) is 18.2 Å². The standard InChI is InChI=1S/C17H11F2N3O2/c1-23-12-4-2-11(3-5-12)13-6-10(8-20)7-14-16(13)21-9-15(22-14)24-17(18)19/h2-7,9,17H,1H3. The van der Waals surface area contributed by atoms with Crippen LogP contribution in [0.25, 0.3) is 22.2 Å². The molecule has 120 valence electrons. The first-order valence-electron chi connectivity index (χ1n) is 6.91. The van der Waals surface area contributed by atoms with Gasteiger partial charge in [-0.3, -0.25) is 0 Å². The number of alkyl halides is 2. The van der Waals surface area contributed by atoms with Crippen LogP contribution in [-0.2, 0) is 0 Å². The van der Waals surface area contributed by atoms with Gasteiger partial charge in [0.25, 0.3) is 0 Å². The van der Waals surface area contributed by atoms with Crippen molar-refractivity contribution in [2.45, 2.75) is 6.61 Å². The molecule has 0 atom stereocenters. The maximum atomic E-state index is 12.3. The Hall–Kier alpha value is -3.27. The van der Waals surface area contributed by atoms with Crippen LogP contribution in [0.1, 0.15) is 5.56 Å². The smallest absolute Gasteiger partial charge is 0.388 e. The van der Waals surface area contributed by atoms with E-state index in [-0.39, 0.29) is 5.88 Å². The van der Waals surface area contributed by atoms with Crippen LogP contribution in [-0.4, -0.2) is 23.7 Å². The molecule has 0 spiro atoms. The van der Waals surface area contributed by atoms with Crippen LogP contribution < -0.4 is 9.47 Å². The molecule has 0 aliphatic carbocycles. The molecule has 0 fully saturated rings. The number of hydrogen-bond acceptors (Lipinski definition) is 5. The Morgan fingerprint density at radius 1 is 1.17 bits per heavy atom. The van der Waals surface area contributed by atoms with Crippen molar-refractivity contribution >= 4 is 11.0 Å². The molecular weight excluding hydrogens is 316 g/mol. The van der Waals surface area contributed by atoms with Crippen molar-refractivity contribution in [3.05, 3.63) is 48.2 Å². The predicted molar refractivity (Wildman–Crippen MR) is 82.9 cm³/mol. The number of aromatic nitrogens is 2. The highest BCUT2D eigenvalue weighted by atomic mass is 19.3. The van der Waals surface area contributed by atoms with E-state index >= 15 is 0 Å². The van der Waals surface area contributed by atoms with Gasteiger partial charge in [0.2, 0.25) is 5.88 Å². The molecule has 0 bridgehead atoms. The number of benzene rings is 2. The van der Waals surface area contributed by atoms with Gasteiger partial charge in [-0.05, 0) is 29.8 Å². The highest BCUT2D eigenvalue weighted by Gasteiger charge is 2.12. The van der Waals surface area contributed by atoms with E-state index < -0.39 is 6.61 Å². The maximum Gasteiger partial charge on any atom is 0.388 e. The molecule has 1 aromatic heterocycles. The first-order chi connectivity index (χ1) is 11.6. The summed E-state index contributed by atoms with van der Waals surface area (Å²) in [6, 6.07) is 12.4. The fraction of sp³-hybridized carbons (Fsp3) is 0.118. The molecule has 0 radical (unpaired) electrons. The minimum absolute atomic E-state index is 0.298. The van der Waals surface area contributed by atoms with Gasteiger partial charge in [0, 0.05) is 5.56 Å². The number of ether oxygens (including phenoxy) is 2. The number of fused-ring (bicyclic) bond motifs is 1. The molecule has 7 heteroatoms. The van der Waals surface area contributed by atoms with Crippen molar-refractivity contribution in [3.63, 3.8) is 0 Å². The van der Waals surface area contributed by atoms with E-state index in [0.29, 0.717) is 27.9 Å². The lowest BCUT2D eigenvalue weighted by atomic mass is 10.0. The highest BCUT2D eigenvalue weighted by Crippen LogP contribution is 2.30. The molecule has 3 aromatic rings. The molecule has 0 saturated carbocycles. The van der Waals surface area contributed by atoms with E-state index in [4.69, 9.17) is 4.74 Å². The average Bonchev–Trinajstić information content (AvgIpc) is 2.60. The number of nitrogens with zero attached hydrogens (tertiary/aromatic N) is 3. The van der Waals surface area contributed by atoms with Crippen molar-refractivity contribution in [2.24, 2.45) is 0 Å². The number of nitriles is 1. The maximum absolute atomic E-state index is 12.3. The second-order valence-corrected chi connectivity index (χ2v) is 4.82. The number of hydrogen-bond donors (Lipinski definition) is 0. The summed E-state index contributed by atoms with van der Waals surface area (Å²) < 4.78 is 34.0. The minimum atomic E-state index is -2.99. The molecule has 0 unspecified atom stereocenters. The summed E-state index contributed by atoms with van der Waals surface area (Å²) in [5.74, 6) is 0.395. The molecule has 0 aliphatic heterocycles. The summed E-state index contributed by atoms with van der Waals surface area (Å²) in [5, 5.41) is 9.20. The van der Waals surface area contributed by atoms with Gasteiger partial charge in [-0.2, -0.15) is 14.0 Å². The lowest BCUT2D eigenvalue weighted by molar-refractivity contribution is -0.0528. The van der Waals surface area contributed by atoms with Crippen molar-refractivity contribution in [1.29, 1.82) is 5.26 Å². The number of methoxy groups -OCH3 is 1. The summed E-state index contributed by atoms with van der Waals surface area (Å²) in [6.07, 6.45) is 1.13. The van der Waals surface area contributed by atoms with Crippen LogP contribution in [0.3, 0.4) is 0 Å². The van der Waals surface area contributed by atoms with E-state index in [0.717, 1.165) is 11.8 Å². The zero-order valence-electron chi connectivity index (χ0n) is 12.5. The van der Waals surface area contributed by atoms with Gasteiger partial charge in [0.05, 0.1) is 36.0 Å². The predicted octanol–water partition coefficient (Wildman–Crippen LogP) is 3.78.